The molecule has 116 valence electrons. The lowest BCUT2D eigenvalue weighted by atomic mass is 10.2. The first-order valence-corrected chi connectivity index (χ1v) is 7.82. The Morgan fingerprint density at radius 1 is 1.41 bits per heavy atom. The molecule has 0 saturated carbocycles. The molecule has 0 unspecified atom stereocenters. The van der Waals surface area contributed by atoms with Gasteiger partial charge in [-0.25, -0.2) is 4.98 Å². The zero-order valence-corrected chi connectivity index (χ0v) is 13.3. The van der Waals surface area contributed by atoms with Gasteiger partial charge in [0.25, 0.3) is 5.91 Å². The van der Waals surface area contributed by atoms with E-state index in [1.165, 1.54) is 11.3 Å². The van der Waals surface area contributed by atoms with E-state index in [9.17, 15) is 4.79 Å². The Morgan fingerprint density at radius 2 is 2.23 bits per heavy atom. The van der Waals surface area contributed by atoms with Crippen LogP contribution in [0.4, 0.5) is 5.82 Å². The summed E-state index contributed by atoms with van der Waals surface area (Å²) in [5.74, 6) is 0.755. The van der Waals surface area contributed by atoms with Crippen molar-refractivity contribution in [2.24, 2.45) is 0 Å². The molecule has 0 aromatic carbocycles. The maximum atomic E-state index is 12.5. The molecule has 0 bridgehead atoms. The number of thiazole rings is 1. The van der Waals surface area contributed by atoms with Crippen LogP contribution in [-0.2, 0) is 4.74 Å². The standard InChI is InChI=1S/C14H17N5O2S/c1-18(2)13-12(16-3-4-17-13)10-8-19(5-6-21-10)14(20)11-7-15-9-22-11/h3-4,7,9-10H,5-6,8H2,1-2H3/t10-/m0/s1. The van der Waals surface area contributed by atoms with Crippen molar-refractivity contribution >= 4 is 23.1 Å². The molecular formula is C14H17N5O2S. The summed E-state index contributed by atoms with van der Waals surface area (Å²) in [6.45, 7) is 1.53. The quantitative estimate of drug-likeness (QED) is 0.847. The highest BCUT2D eigenvalue weighted by atomic mass is 32.1. The molecule has 7 nitrogen and oxygen atoms in total. The SMILES string of the molecule is CN(C)c1nccnc1[C@@H]1CN(C(=O)c2cncs2)CCO1. The molecule has 1 aliphatic heterocycles. The number of nitrogens with zero attached hydrogens (tertiary/aromatic N) is 5. The van der Waals surface area contributed by atoms with Crippen molar-refractivity contribution in [2.45, 2.75) is 6.10 Å². The van der Waals surface area contributed by atoms with Crippen molar-refractivity contribution in [3.8, 4) is 0 Å². The van der Waals surface area contributed by atoms with Crippen molar-refractivity contribution < 1.29 is 9.53 Å². The first kappa shape index (κ1) is 14.9. The zero-order chi connectivity index (χ0) is 15.5. The highest BCUT2D eigenvalue weighted by molar-refractivity contribution is 7.11. The molecule has 8 heteroatoms. The van der Waals surface area contributed by atoms with E-state index in [1.54, 1.807) is 29.0 Å². The van der Waals surface area contributed by atoms with Crippen molar-refractivity contribution in [2.75, 3.05) is 38.7 Å². The molecule has 3 rings (SSSR count). The summed E-state index contributed by atoms with van der Waals surface area (Å²) in [5.41, 5.74) is 2.42. The predicted octanol–water partition coefficient (Wildman–Crippen LogP) is 1.21. The van der Waals surface area contributed by atoms with Gasteiger partial charge in [-0.05, 0) is 0 Å². The number of ether oxygens (including phenoxy) is 1. The van der Waals surface area contributed by atoms with Gasteiger partial charge in [0.05, 0.1) is 24.9 Å². The number of hydrogen-bond acceptors (Lipinski definition) is 7. The third-order valence-electron chi connectivity index (χ3n) is 3.43. The molecule has 2 aromatic rings. The summed E-state index contributed by atoms with van der Waals surface area (Å²) in [5, 5.41) is 0. The summed E-state index contributed by atoms with van der Waals surface area (Å²) in [4.78, 5) is 29.5. The Kier molecular flexibility index (Phi) is 4.30. The lowest BCUT2D eigenvalue weighted by Gasteiger charge is -2.33. The van der Waals surface area contributed by atoms with Crippen LogP contribution in [0.15, 0.2) is 24.1 Å². The van der Waals surface area contributed by atoms with E-state index >= 15 is 0 Å². The normalized spacial score (nSPS) is 18.3. The van der Waals surface area contributed by atoms with Crippen LogP contribution in [0.3, 0.4) is 0 Å². The Labute approximate surface area is 132 Å². The molecule has 1 fully saturated rings. The Morgan fingerprint density at radius 3 is 2.95 bits per heavy atom. The number of anilines is 1. The molecule has 0 N–H and O–H groups in total. The van der Waals surface area contributed by atoms with Crippen LogP contribution >= 0.6 is 11.3 Å². The molecule has 0 spiro atoms. The van der Waals surface area contributed by atoms with Crippen LogP contribution in [0.25, 0.3) is 0 Å². The van der Waals surface area contributed by atoms with Crippen LogP contribution < -0.4 is 4.90 Å². The maximum absolute atomic E-state index is 12.5. The maximum Gasteiger partial charge on any atom is 0.265 e. The summed E-state index contributed by atoms with van der Waals surface area (Å²) in [6, 6.07) is 0. The molecule has 2 aromatic heterocycles. The van der Waals surface area contributed by atoms with Gasteiger partial charge < -0.3 is 14.5 Å². The molecule has 0 aliphatic carbocycles. The first-order valence-electron chi connectivity index (χ1n) is 6.94. The van der Waals surface area contributed by atoms with Crippen LogP contribution in [0.1, 0.15) is 21.5 Å². The third-order valence-corrected chi connectivity index (χ3v) is 4.19. The van der Waals surface area contributed by atoms with E-state index in [2.05, 4.69) is 15.0 Å². The van der Waals surface area contributed by atoms with E-state index < -0.39 is 0 Å². The fourth-order valence-electron chi connectivity index (χ4n) is 2.39. The largest absolute Gasteiger partial charge is 0.368 e. The van der Waals surface area contributed by atoms with Crippen molar-refractivity contribution in [3.63, 3.8) is 0 Å². The molecule has 1 saturated heterocycles. The highest BCUT2D eigenvalue weighted by Gasteiger charge is 2.29. The average molecular weight is 319 g/mol. The first-order chi connectivity index (χ1) is 10.7. The second-order valence-corrected chi connectivity index (χ2v) is 6.02. The molecule has 1 aliphatic rings. The summed E-state index contributed by atoms with van der Waals surface area (Å²) < 4.78 is 5.82. The van der Waals surface area contributed by atoms with Crippen LogP contribution in [0, 0.1) is 0 Å². The van der Waals surface area contributed by atoms with Crippen molar-refractivity contribution in [1.29, 1.82) is 0 Å². The minimum atomic E-state index is -0.267. The monoisotopic (exact) mass is 319 g/mol. The molecule has 1 amide bonds. The zero-order valence-electron chi connectivity index (χ0n) is 12.5. The van der Waals surface area contributed by atoms with Crippen LogP contribution in [-0.4, -0.2) is 59.6 Å². The number of carbonyl (C=O) groups is 1. The number of aromatic nitrogens is 3. The van der Waals surface area contributed by atoms with Gasteiger partial charge in [-0.3, -0.25) is 14.8 Å². The fourth-order valence-corrected chi connectivity index (χ4v) is 2.98. The second kappa shape index (κ2) is 6.37. The summed E-state index contributed by atoms with van der Waals surface area (Å²) in [6.07, 6.45) is 4.64. The number of carbonyl (C=O) groups excluding carboxylic acids is 1. The van der Waals surface area contributed by atoms with Crippen LogP contribution in [0.2, 0.25) is 0 Å². The molecule has 22 heavy (non-hydrogen) atoms. The van der Waals surface area contributed by atoms with E-state index in [0.29, 0.717) is 24.6 Å². The molecule has 1 atom stereocenters. The van der Waals surface area contributed by atoms with Gasteiger partial charge in [0.1, 0.15) is 16.7 Å². The lowest BCUT2D eigenvalue weighted by molar-refractivity contribution is -0.0244. The molecule has 0 radical (unpaired) electrons. The van der Waals surface area contributed by atoms with E-state index in [-0.39, 0.29) is 12.0 Å². The van der Waals surface area contributed by atoms with Gasteiger partial charge in [-0.2, -0.15) is 0 Å². The lowest BCUT2D eigenvalue weighted by Crippen LogP contribution is -2.42. The smallest absolute Gasteiger partial charge is 0.265 e. The average Bonchev–Trinajstić information content (AvgIpc) is 3.08. The Bertz CT molecular complexity index is 646. The third kappa shape index (κ3) is 2.93. The Balaban J connectivity index is 1.80. The van der Waals surface area contributed by atoms with E-state index in [1.807, 2.05) is 19.0 Å². The number of amides is 1. The fraction of sp³-hybridized carbons (Fsp3) is 0.429. The van der Waals surface area contributed by atoms with Crippen LogP contribution in [0.5, 0.6) is 0 Å². The number of morpholine rings is 1. The van der Waals surface area contributed by atoms with Gasteiger partial charge in [-0.1, -0.05) is 0 Å². The number of hydrogen-bond donors (Lipinski definition) is 0. The summed E-state index contributed by atoms with van der Waals surface area (Å²) >= 11 is 1.35. The highest BCUT2D eigenvalue weighted by Crippen LogP contribution is 2.27. The van der Waals surface area contributed by atoms with Crippen molar-refractivity contribution in [3.05, 3.63) is 34.7 Å². The van der Waals surface area contributed by atoms with Gasteiger partial charge in [0.15, 0.2) is 5.82 Å². The summed E-state index contributed by atoms with van der Waals surface area (Å²) in [7, 11) is 3.83. The van der Waals surface area contributed by atoms with Gasteiger partial charge in [0, 0.05) is 33.0 Å². The van der Waals surface area contributed by atoms with Crippen molar-refractivity contribution in [1.82, 2.24) is 19.9 Å². The van der Waals surface area contributed by atoms with E-state index in [0.717, 1.165) is 11.5 Å². The minimum Gasteiger partial charge on any atom is -0.368 e. The predicted molar refractivity (Wildman–Crippen MR) is 83.1 cm³/mol. The molecular weight excluding hydrogens is 302 g/mol. The topological polar surface area (TPSA) is 71.5 Å². The van der Waals surface area contributed by atoms with Gasteiger partial charge in [0.2, 0.25) is 0 Å². The number of rotatable bonds is 3. The van der Waals surface area contributed by atoms with Gasteiger partial charge in [-0.15, -0.1) is 11.3 Å². The van der Waals surface area contributed by atoms with Gasteiger partial charge >= 0.3 is 0 Å². The van der Waals surface area contributed by atoms with E-state index in [4.69, 9.17) is 4.74 Å². The molecule has 3 heterocycles. The Hall–Kier alpha value is -2.06. The minimum absolute atomic E-state index is 0.00825. The second-order valence-electron chi connectivity index (χ2n) is 5.14.